The number of nitrogens with one attached hydrogen (secondary N) is 1. The third-order valence-electron chi connectivity index (χ3n) is 3.07. The van der Waals surface area contributed by atoms with E-state index >= 15 is 0 Å². The van der Waals surface area contributed by atoms with Crippen LogP contribution in [0.4, 0.5) is 0 Å². The van der Waals surface area contributed by atoms with Crippen LogP contribution in [0.5, 0.6) is 0 Å². The van der Waals surface area contributed by atoms with Crippen molar-refractivity contribution >= 4 is 11.6 Å². The zero-order chi connectivity index (χ0) is 13.7. The van der Waals surface area contributed by atoms with E-state index < -0.39 is 0 Å². The molecule has 0 saturated heterocycles. The van der Waals surface area contributed by atoms with Gasteiger partial charge in [0.05, 0.1) is 13.2 Å². The van der Waals surface area contributed by atoms with Crippen LogP contribution in [-0.2, 0) is 6.54 Å². The smallest absolute Gasteiger partial charge is 0.134 e. The molecule has 1 aromatic carbocycles. The number of rotatable bonds is 6. The third-order valence-corrected chi connectivity index (χ3v) is 3.32. The lowest BCUT2D eigenvalue weighted by molar-refractivity contribution is 0.235. The Morgan fingerprint density at radius 3 is 2.58 bits per heavy atom. The SMILES string of the molecule is CC[C@H](CO)NCc1ccc(-c2ccc(Cl)cc2)o1. The van der Waals surface area contributed by atoms with Crippen molar-refractivity contribution in [2.45, 2.75) is 25.9 Å². The van der Waals surface area contributed by atoms with Crippen LogP contribution in [-0.4, -0.2) is 17.8 Å². The van der Waals surface area contributed by atoms with E-state index in [0.29, 0.717) is 11.6 Å². The maximum Gasteiger partial charge on any atom is 0.134 e. The van der Waals surface area contributed by atoms with Gasteiger partial charge in [-0.05, 0) is 42.8 Å². The average molecular weight is 280 g/mol. The lowest BCUT2D eigenvalue weighted by Gasteiger charge is -2.12. The Morgan fingerprint density at radius 2 is 1.95 bits per heavy atom. The summed E-state index contributed by atoms with van der Waals surface area (Å²) >= 11 is 5.86. The first kappa shape index (κ1) is 14.1. The Kier molecular flexibility index (Phi) is 5.02. The number of hydrogen-bond acceptors (Lipinski definition) is 3. The van der Waals surface area contributed by atoms with Crippen LogP contribution < -0.4 is 5.32 Å². The van der Waals surface area contributed by atoms with E-state index in [1.807, 2.05) is 43.3 Å². The van der Waals surface area contributed by atoms with Gasteiger partial charge in [0.2, 0.25) is 0 Å². The van der Waals surface area contributed by atoms with E-state index in [-0.39, 0.29) is 12.6 Å². The first-order chi connectivity index (χ1) is 9.22. The third kappa shape index (κ3) is 3.83. The molecular weight excluding hydrogens is 262 g/mol. The van der Waals surface area contributed by atoms with E-state index in [4.69, 9.17) is 21.1 Å². The molecular formula is C15H18ClNO2. The summed E-state index contributed by atoms with van der Waals surface area (Å²) in [5.74, 6) is 1.68. The van der Waals surface area contributed by atoms with Crippen LogP contribution in [0.1, 0.15) is 19.1 Å². The van der Waals surface area contributed by atoms with Gasteiger partial charge in [-0.25, -0.2) is 0 Å². The van der Waals surface area contributed by atoms with Crippen molar-refractivity contribution in [3.63, 3.8) is 0 Å². The van der Waals surface area contributed by atoms with E-state index in [0.717, 1.165) is 23.5 Å². The number of furan rings is 1. The summed E-state index contributed by atoms with van der Waals surface area (Å²) in [4.78, 5) is 0. The van der Waals surface area contributed by atoms with Crippen molar-refractivity contribution in [1.29, 1.82) is 0 Å². The van der Waals surface area contributed by atoms with Gasteiger partial charge in [0.25, 0.3) is 0 Å². The molecule has 1 aromatic heterocycles. The maximum atomic E-state index is 9.11. The van der Waals surface area contributed by atoms with Gasteiger partial charge >= 0.3 is 0 Å². The first-order valence-electron chi connectivity index (χ1n) is 6.41. The highest BCUT2D eigenvalue weighted by Gasteiger charge is 2.07. The molecule has 0 aliphatic carbocycles. The summed E-state index contributed by atoms with van der Waals surface area (Å²) in [6.07, 6.45) is 0.890. The van der Waals surface area contributed by atoms with Gasteiger partial charge in [-0.2, -0.15) is 0 Å². The maximum absolute atomic E-state index is 9.11. The predicted octanol–water partition coefficient (Wildman–Crippen LogP) is 3.46. The highest BCUT2D eigenvalue weighted by molar-refractivity contribution is 6.30. The topological polar surface area (TPSA) is 45.4 Å². The van der Waals surface area contributed by atoms with Gasteiger partial charge in [-0.15, -0.1) is 0 Å². The second-order valence-electron chi connectivity index (χ2n) is 4.44. The van der Waals surface area contributed by atoms with Gasteiger partial charge in [0.1, 0.15) is 11.5 Å². The average Bonchev–Trinajstić information content (AvgIpc) is 2.89. The molecule has 3 nitrogen and oxygen atoms in total. The van der Waals surface area contributed by atoms with Crippen LogP contribution in [0.3, 0.4) is 0 Å². The second-order valence-corrected chi connectivity index (χ2v) is 4.88. The molecule has 0 saturated carbocycles. The van der Waals surface area contributed by atoms with Crippen LogP contribution in [0, 0.1) is 0 Å². The number of benzene rings is 1. The summed E-state index contributed by atoms with van der Waals surface area (Å²) < 4.78 is 5.76. The van der Waals surface area contributed by atoms with Crippen molar-refractivity contribution in [3.05, 3.63) is 47.2 Å². The Hall–Kier alpha value is -1.29. The molecule has 0 bridgehead atoms. The number of aliphatic hydroxyl groups excluding tert-OH is 1. The molecule has 0 spiro atoms. The Bertz CT molecular complexity index is 503. The van der Waals surface area contributed by atoms with E-state index in [2.05, 4.69) is 5.32 Å². The normalized spacial score (nSPS) is 12.6. The summed E-state index contributed by atoms with van der Waals surface area (Å²) in [7, 11) is 0. The van der Waals surface area contributed by atoms with E-state index in [1.165, 1.54) is 0 Å². The molecule has 2 N–H and O–H groups in total. The molecule has 4 heteroatoms. The van der Waals surface area contributed by atoms with Crippen LogP contribution in [0.15, 0.2) is 40.8 Å². The predicted molar refractivity (Wildman–Crippen MR) is 77.2 cm³/mol. The van der Waals surface area contributed by atoms with Crippen molar-refractivity contribution in [1.82, 2.24) is 5.32 Å². The molecule has 1 heterocycles. The Balaban J connectivity index is 2.01. The van der Waals surface area contributed by atoms with E-state index in [1.54, 1.807) is 0 Å². The van der Waals surface area contributed by atoms with Crippen molar-refractivity contribution < 1.29 is 9.52 Å². The zero-order valence-electron chi connectivity index (χ0n) is 10.9. The standard InChI is InChI=1S/C15H18ClNO2/c1-2-13(10-18)17-9-14-7-8-15(19-14)11-3-5-12(16)6-4-11/h3-8,13,17-18H,2,9-10H2,1H3/t13-/m1/s1. The fourth-order valence-electron chi connectivity index (χ4n) is 1.83. The first-order valence-corrected chi connectivity index (χ1v) is 6.79. The lowest BCUT2D eigenvalue weighted by atomic mass is 10.2. The van der Waals surface area contributed by atoms with Gasteiger partial charge in [-0.1, -0.05) is 18.5 Å². The Labute approximate surface area is 118 Å². The van der Waals surface area contributed by atoms with Crippen molar-refractivity contribution in [2.24, 2.45) is 0 Å². The Morgan fingerprint density at radius 1 is 1.21 bits per heavy atom. The van der Waals surface area contributed by atoms with Crippen molar-refractivity contribution in [2.75, 3.05) is 6.61 Å². The number of aliphatic hydroxyl groups is 1. The fraction of sp³-hybridized carbons (Fsp3) is 0.333. The molecule has 0 radical (unpaired) electrons. The molecule has 1 atom stereocenters. The van der Waals surface area contributed by atoms with Gasteiger partial charge in [0, 0.05) is 16.6 Å². The van der Waals surface area contributed by atoms with Crippen LogP contribution in [0.25, 0.3) is 11.3 Å². The highest BCUT2D eigenvalue weighted by Crippen LogP contribution is 2.23. The van der Waals surface area contributed by atoms with Crippen LogP contribution >= 0.6 is 11.6 Å². The molecule has 0 amide bonds. The molecule has 102 valence electrons. The minimum Gasteiger partial charge on any atom is -0.460 e. The summed E-state index contributed by atoms with van der Waals surface area (Å²) in [5.41, 5.74) is 1.00. The molecule has 2 aromatic rings. The summed E-state index contributed by atoms with van der Waals surface area (Å²) in [5, 5.41) is 13.1. The summed E-state index contributed by atoms with van der Waals surface area (Å²) in [6.45, 7) is 2.79. The van der Waals surface area contributed by atoms with Gasteiger partial charge in [-0.3, -0.25) is 0 Å². The minimum absolute atomic E-state index is 0.115. The van der Waals surface area contributed by atoms with Gasteiger partial charge in [0.15, 0.2) is 0 Å². The van der Waals surface area contributed by atoms with Crippen LogP contribution in [0.2, 0.25) is 5.02 Å². The molecule has 2 rings (SSSR count). The second kappa shape index (κ2) is 6.75. The van der Waals surface area contributed by atoms with Crippen molar-refractivity contribution in [3.8, 4) is 11.3 Å². The molecule has 0 aliphatic heterocycles. The molecule has 19 heavy (non-hydrogen) atoms. The monoisotopic (exact) mass is 279 g/mol. The molecule has 0 aliphatic rings. The van der Waals surface area contributed by atoms with E-state index in [9.17, 15) is 0 Å². The quantitative estimate of drug-likeness (QED) is 0.851. The number of halogens is 1. The summed E-state index contributed by atoms with van der Waals surface area (Å²) in [6, 6.07) is 11.6. The minimum atomic E-state index is 0.115. The fourth-order valence-corrected chi connectivity index (χ4v) is 1.95. The molecule has 0 unspecified atom stereocenters. The lowest BCUT2D eigenvalue weighted by Crippen LogP contribution is -2.30. The zero-order valence-corrected chi connectivity index (χ0v) is 11.7. The van der Waals surface area contributed by atoms with Gasteiger partial charge < -0.3 is 14.8 Å². The molecule has 0 fully saturated rings. The highest BCUT2D eigenvalue weighted by atomic mass is 35.5. The largest absolute Gasteiger partial charge is 0.460 e. The number of hydrogen-bond donors (Lipinski definition) is 2.